The lowest BCUT2D eigenvalue weighted by molar-refractivity contribution is 0.0735. The van der Waals surface area contributed by atoms with Crippen molar-refractivity contribution in [1.82, 2.24) is 25.1 Å². The third-order valence-electron chi connectivity index (χ3n) is 3.82. The van der Waals surface area contributed by atoms with Gasteiger partial charge < -0.3 is 14.3 Å². The molecule has 3 rings (SSSR count). The molecule has 1 aliphatic carbocycles. The van der Waals surface area contributed by atoms with E-state index >= 15 is 0 Å². The van der Waals surface area contributed by atoms with Gasteiger partial charge in [0.15, 0.2) is 0 Å². The van der Waals surface area contributed by atoms with Crippen molar-refractivity contribution < 1.29 is 9.21 Å². The maximum absolute atomic E-state index is 12.6. The van der Waals surface area contributed by atoms with Crippen LogP contribution in [-0.4, -0.2) is 37.5 Å². The molecule has 8 nitrogen and oxygen atoms in total. The van der Waals surface area contributed by atoms with Crippen LogP contribution in [0.2, 0.25) is 0 Å². The Morgan fingerprint density at radius 2 is 2.09 bits per heavy atom. The van der Waals surface area contributed by atoms with Crippen molar-refractivity contribution in [3.63, 3.8) is 0 Å². The second-order valence-electron chi connectivity index (χ2n) is 5.55. The third kappa shape index (κ3) is 3.30. The van der Waals surface area contributed by atoms with E-state index in [0.29, 0.717) is 36.5 Å². The minimum Gasteiger partial charge on any atom is -0.423 e. The van der Waals surface area contributed by atoms with E-state index in [1.807, 2.05) is 13.8 Å². The van der Waals surface area contributed by atoms with Crippen molar-refractivity contribution in [3.8, 4) is 0 Å². The zero-order chi connectivity index (χ0) is 16.4. The fraction of sp³-hybridized carbons (Fsp3) is 0.533. The van der Waals surface area contributed by atoms with Crippen molar-refractivity contribution >= 4 is 5.91 Å². The van der Waals surface area contributed by atoms with E-state index in [9.17, 15) is 9.59 Å². The van der Waals surface area contributed by atoms with Crippen LogP contribution >= 0.6 is 0 Å². The van der Waals surface area contributed by atoms with Gasteiger partial charge >= 0.3 is 0 Å². The number of hydrogen-bond donors (Lipinski definition) is 1. The second-order valence-corrected chi connectivity index (χ2v) is 5.55. The molecule has 122 valence electrons. The molecule has 2 aromatic rings. The van der Waals surface area contributed by atoms with Crippen LogP contribution < -0.4 is 5.56 Å². The molecule has 1 fully saturated rings. The second kappa shape index (κ2) is 6.31. The van der Waals surface area contributed by atoms with Crippen LogP contribution in [0.4, 0.5) is 0 Å². The van der Waals surface area contributed by atoms with Gasteiger partial charge in [0.2, 0.25) is 11.8 Å². The van der Waals surface area contributed by atoms with E-state index in [2.05, 4.69) is 20.2 Å². The number of carbonyl (C=O) groups is 1. The average molecular weight is 317 g/mol. The SMILES string of the molecule is CCc1nnc(CN(CC)C(=O)c2cnc(C3CC3)[nH]c2=O)o1. The van der Waals surface area contributed by atoms with E-state index in [4.69, 9.17) is 4.42 Å². The number of aromatic amines is 1. The van der Waals surface area contributed by atoms with E-state index in [1.165, 1.54) is 11.1 Å². The van der Waals surface area contributed by atoms with Crippen LogP contribution in [-0.2, 0) is 13.0 Å². The Morgan fingerprint density at radius 3 is 2.65 bits per heavy atom. The quantitative estimate of drug-likeness (QED) is 0.859. The smallest absolute Gasteiger partial charge is 0.263 e. The van der Waals surface area contributed by atoms with Crippen LogP contribution in [0.1, 0.15) is 60.6 Å². The number of nitrogens with zero attached hydrogens (tertiary/aromatic N) is 4. The lowest BCUT2D eigenvalue weighted by Crippen LogP contribution is -2.35. The van der Waals surface area contributed by atoms with Crippen molar-refractivity contribution in [2.75, 3.05) is 6.54 Å². The molecule has 8 heteroatoms. The highest BCUT2D eigenvalue weighted by Crippen LogP contribution is 2.37. The molecule has 1 saturated carbocycles. The molecular weight excluding hydrogens is 298 g/mol. The van der Waals surface area contributed by atoms with Crippen molar-refractivity contribution in [3.05, 3.63) is 39.7 Å². The summed E-state index contributed by atoms with van der Waals surface area (Å²) in [6.07, 6.45) is 4.07. The predicted molar refractivity (Wildman–Crippen MR) is 80.9 cm³/mol. The Morgan fingerprint density at radius 1 is 1.35 bits per heavy atom. The molecule has 23 heavy (non-hydrogen) atoms. The molecule has 0 aliphatic heterocycles. The molecule has 1 N–H and O–H groups in total. The first-order valence-electron chi connectivity index (χ1n) is 7.82. The van der Waals surface area contributed by atoms with Crippen LogP contribution in [0.25, 0.3) is 0 Å². The molecule has 2 aromatic heterocycles. The van der Waals surface area contributed by atoms with Crippen molar-refractivity contribution in [2.24, 2.45) is 0 Å². The monoisotopic (exact) mass is 317 g/mol. The Bertz CT molecular complexity index is 762. The molecule has 0 aromatic carbocycles. The number of H-pyrrole nitrogens is 1. The van der Waals surface area contributed by atoms with Gasteiger partial charge in [0, 0.05) is 25.1 Å². The highest BCUT2D eigenvalue weighted by Gasteiger charge is 2.27. The normalized spacial score (nSPS) is 14.0. The van der Waals surface area contributed by atoms with Crippen molar-refractivity contribution in [1.29, 1.82) is 0 Å². The van der Waals surface area contributed by atoms with Gasteiger partial charge in [0.1, 0.15) is 11.4 Å². The lowest BCUT2D eigenvalue weighted by Gasteiger charge is -2.18. The van der Waals surface area contributed by atoms with Crippen LogP contribution in [0.15, 0.2) is 15.4 Å². The molecule has 0 bridgehead atoms. The summed E-state index contributed by atoms with van der Waals surface area (Å²) >= 11 is 0. The summed E-state index contributed by atoms with van der Waals surface area (Å²) in [5.41, 5.74) is -0.364. The zero-order valence-corrected chi connectivity index (χ0v) is 13.2. The number of rotatable bonds is 6. The molecule has 0 unspecified atom stereocenters. The van der Waals surface area contributed by atoms with Gasteiger partial charge in [0.05, 0.1) is 6.54 Å². The van der Waals surface area contributed by atoms with Gasteiger partial charge in [0.25, 0.3) is 11.5 Å². The van der Waals surface area contributed by atoms with Crippen LogP contribution in [0.5, 0.6) is 0 Å². The minimum absolute atomic E-state index is 0.0338. The molecule has 0 atom stereocenters. The number of amides is 1. The molecule has 1 amide bonds. The highest BCUT2D eigenvalue weighted by molar-refractivity contribution is 5.93. The molecule has 2 heterocycles. The molecule has 0 saturated heterocycles. The highest BCUT2D eigenvalue weighted by atomic mass is 16.4. The first kappa shape index (κ1) is 15.4. The van der Waals surface area contributed by atoms with Gasteiger partial charge in [-0.25, -0.2) is 4.98 Å². The maximum atomic E-state index is 12.6. The summed E-state index contributed by atoms with van der Waals surface area (Å²) < 4.78 is 5.42. The predicted octanol–water partition coefficient (Wildman–Crippen LogP) is 1.26. The topological polar surface area (TPSA) is 105 Å². The Labute approximate surface area is 132 Å². The van der Waals surface area contributed by atoms with Gasteiger partial charge in [-0.2, -0.15) is 0 Å². The third-order valence-corrected chi connectivity index (χ3v) is 3.82. The molecular formula is C15H19N5O3. The summed E-state index contributed by atoms with van der Waals surface area (Å²) in [7, 11) is 0. The maximum Gasteiger partial charge on any atom is 0.263 e. The van der Waals surface area contributed by atoms with Crippen LogP contribution in [0.3, 0.4) is 0 Å². The van der Waals surface area contributed by atoms with E-state index in [-0.39, 0.29) is 18.0 Å². The summed E-state index contributed by atoms with van der Waals surface area (Å²) in [5.74, 6) is 1.49. The number of nitrogens with one attached hydrogen (secondary N) is 1. The summed E-state index contributed by atoms with van der Waals surface area (Å²) in [6.45, 7) is 4.33. The lowest BCUT2D eigenvalue weighted by atomic mass is 10.2. The zero-order valence-electron chi connectivity index (χ0n) is 13.2. The van der Waals surface area contributed by atoms with Crippen molar-refractivity contribution in [2.45, 2.75) is 45.6 Å². The fourth-order valence-corrected chi connectivity index (χ4v) is 2.28. The van der Waals surface area contributed by atoms with Gasteiger partial charge in [-0.15, -0.1) is 10.2 Å². The number of aromatic nitrogens is 4. The Balaban J connectivity index is 1.77. The largest absolute Gasteiger partial charge is 0.423 e. The average Bonchev–Trinajstić information content (AvgIpc) is 3.31. The Hall–Kier alpha value is -2.51. The number of hydrogen-bond acceptors (Lipinski definition) is 6. The minimum atomic E-state index is -0.398. The summed E-state index contributed by atoms with van der Waals surface area (Å²) in [4.78, 5) is 33.1. The first-order chi connectivity index (χ1) is 11.1. The molecule has 0 spiro atoms. The Kier molecular flexibility index (Phi) is 4.22. The standard InChI is InChI=1S/C15H19N5O3/c1-3-11-18-19-12(23-11)8-20(4-2)15(22)10-7-16-13(9-5-6-9)17-14(10)21/h7,9H,3-6,8H2,1-2H3,(H,16,17,21). The molecule has 1 aliphatic rings. The number of carbonyl (C=O) groups excluding carboxylic acids is 1. The fourth-order valence-electron chi connectivity index (χ4n) is 2.28. The van der Waals surface area contributed by atoms with Crippen LogP contribution in [0, 0.1) is 0 Å². The van der Waals surface area contributed by atoms with E-state index < -0.39 is 5.56 Å². The first-order valence-corrected chi connectivity index (χ1v) is 7.82. The van der Waals surface area contributed by atoms with E-state index in [0.717, 1.165) is 12.8 Å². The van der Waals surface area contributed by atoms with Gasteiger partial charge in [-0.05, 0) is 19.8 Å². The van der Waals surface area contributed by atoms with Gasteiger partial charge in [-0.1, -0.05) is 6.92 Å². The summed E-state index contributed by atoms with van der Waals surface area (Å²) in [5, 5.41) is 7.78. The van der Waals surface area contributed by atoms with Gasteiger partial charge in [-0.3, -0.25) is 9.59 Å². The van der Waals surface area contributed by atoms with E-state index in [1.54, 1.807) is 0 Å². The molecule has 0 radical (unpaired) electrons. The number of aryl methyl sites for hydroxylation is 1. The summed E-state index contributed by atoms with van der Waals surface area (Å²) in [6, 6.07) is 0.